The highest BCUT2D eigenvalue weighted by Gasteiger charge is 2.14. The fourth-order valence-corrected chi connectivity index (χ4v) is 3.79. The van der Waals surface area contributed by atoms with Crippen molar-refractivity contribution < 1.29 is 4.57 Å². The molecule has 34 heavy (non-hydrogen) atoms. The van der Waals surface area contributed by atoms with Gasteiger partial charge in [0.2, 0.25) is 11.2 Å². The summed E-state index contributed by atoms with van der Waals surface area (Å²) in [6.07, 6.45) is 10.4. The Morgan fingerprint density at radius 1 is 0.824 bits per heavy atom. The maximum absolute atomic E-state index is 5.45. The molecule has 3 aromatic rings. The van der Waals surface area contributed by atoms with Gasteiger partial charge >= 0.3 is 0 Å². The summed E-state index contributed by atoms with van der Waals surface area (Å²) in [7, 11) is 8.23. The number of aryl methyl sites for hydroxylation is 1. The van der Waals surface area contributed by atoms with Crippen LogP contribution in [0.5, 0.6) is 0 Å². The quantitative estimate of drug-likeness (QED) is 0.158. The first-order valence-electron chi connectivity index (χ1n) is 11.7. The lowest BCUT2D eigenvalue weighted by Crippen LogP contribution is -2.38. The second-order valence-corrected chi connectivity index (χ2v) is 8.77. The number of hydrogen-bond acceptors (Lipinski definition) is 3. The number of aliphatic imine (C=N–C) groups is 1. The molecule has 0 atom stereocenters. The standard InChI is InChI=1S/C28H37N6/c1-32(2)24-14-11-22(12-15-24)9-5-6-10-25-16-13-23-21-26(33(3)4)17-18-27(23)34(25)20-8-7-19-31-28(29)30/h5-6,9-18,21H,7-8,19-20H2,1-4H3,(H4,29,30,31)/q+1. The lowest BCUT2D eigenvalue weighted by molar-refractivity contribution is -0.673. The molecule has 6 nitrogen and oxygen atoms in total. The molecule has 3 rings (SSSR count). The van der Waals surface area contributed by atoms with E-state index >= 15 is 0 Å². The predicted molar refractivity (Wildman–Crippen MR) is 147 cm³/mol. The normalized spacial score (nSPS) is 11.4. The first-order chi connectivity index (χ1) is 16.3. The molecular weight excluding hydrogens is 420 g/mol. The van der Waals surface area contributed by atoms with Gasteiger partial charge in [0, 0.05) is 76.1 Å². The Morgan fingerprint density at radius 2 is 1.50 bits per heavy atom. The molecule has 0 spiro atoms. The zero-order valence-electron chi connectivity index (χ0n) is 20.8. The van der Waals surface area contributed by atoms with E-state index in [0.717, 1.165) is 19.4 Å². The molecule has 1 heterocycles. The Hall–Kier alpha value is -3.80. The van der Waals surface area contributed by atoms with Gasteiger partial charge in [-0.25, -0.2) is 0 Å². The van der Waals surface area contributed by atoms with Crippen LogP contribution in [0.1, 0.15) is 24.1 Å². The molecule has 0 aliphatic rings. The number of nitrogens with two attached hydrogens (primary N) is 2. The lowest BCUT2D eigenvalue weighted by atomic mass is 10.1. The fourth-order valence-electron chi connectivity index (χ4n) is 3.79. The molecule has 0 radical (unpaired) electrons. The van der Waals surface area contributed by atoms with Crippen LogP contribution in [-0.4, -0.2) is 40.7 Å². The number of benzene rings is 2. The Balaban J connectivity index is 1.82. The number of nitrogens with zero attached hydrogens (tertiary/aromatic N) is 4. The summed E-state index contributed by atoms with van der Waals surface area (Å²) in [4.78, 5) is 8.34. The Kier molecular flexibility index (Phi) is 8.68. The first-order valence-corrected chi connectivity index (χ1v) is 11.7. The Bertz CT molecular complexity index is 1170. The van der Waals surface area contributed by atoms with E-state index in [2.05, 4.69) is 126 Å². The average molecular weight is 458 g/mol. The molecule has 0 aliphatic carbocycles. The van der Waals surface area contributed by atoms with E-state index in [1.165, 1.54) is 33.5 Å². The van der Waals surface area contributed by atoms with Gasteiger partial charge in [0.15, 0.2) is 5.96 Å². The number of rotatable bonds is 10. The molecular formula is C28H37N6+. The third-order valence-electron chi connectivity index (χ3n) is 5.72. The van der Waals surface area contributed by atoms with Crippen molar-refractivity contribution in [3.05, 3.63) is 78.0 Å². The molecule has 0 saturated heterocycles. The van der Waals surface area contributed by atoms with Crippen molar-refractivity contribution >= 4 is 40.4 Å². The number of fused-ring (bicyclic) bond motifs is 1. The van der Waals surface area contributed by atoms with Gasteiger partial charge < -0.3 is 21.3 Å². The van der Waals surface area contributed by atoms with Gasteiger partial charge in [-0.2, -0.15) is 4.57 Å². The number of allylic oxidation sites excluding steroid dienone is 2. The zero-order valence-corrected chi connectivity index (χ0v) is 20.8. The predicted octanol–water partition coefficient (Wildman–Crippen LogP) is 4.04. The highest BCUT2D eigenvalue weighted by atomic mass is 15.1. The highest BCUT2D eigenvalue weighted by Crippen LogP contribution is 2.20. The minimum atomic E-state index is 0.154. The Labute approximate surface area is 203 Å². The molecule has 0 saturated carbocycles. The van der Waals surface area contributed by atoms with Crippen LogP contribution in [0.4, 0.5) is 11.4 Å². The monoisotopic (exact) mass is 457 g/mol. The van der Waals surface area contributed by atoms with Gasteiger partial charge in [-0.05, 0) is 42.3 Å². The molecule has 0 unspecified atom stereocenters. The molecule has 0 amide bonds. The maximum Gasteiger partial charge on any atom is 0.213 e. The molecule has 2 aromatic carbocycles. The molecule has 0 aliphatic heterocycles. The molecule has 4 N–H and O–H groups in total. The smallest absolute Gasteiger partial charge is 0.213 e. The lowest BCUT2D eigenvalue weighted by Gasteiger charge is -2.13. The summed E-state index contributed by atoms with van der Waals surface area (Å²) in [5.74, 6) is 0.154. The van der Waals surface area contributed by atoms with Gasteiger partial charge in [0.05, 0.1) is 0 Å². The summed E-state index contributed by atoms with van der Waals surface area (Å²) in [6.45, 7) is 1.55. The summed E-state index contributed by atoms with van der Waals surface area (Å²) >= 11 is 0. The summed E-state index contributed by atoms with van der Waals surface area (Å²) in [5.41, 5.74) is 16.9. The number of unbranched alkanes of at least 4 members (excludes halogenated alkanes) is 1. The highest BCUT2D eigenvalue weighted by molar-refractivity contribution is 5.80. The summed E-state index contributed by atoms with van der Waals surface area (Å²) < 4.78 is 2.38. The van der Waals surface area contributed by atoms with Crippen LogP contribution in [0, 0.1) is 0 Å². The van der Waals surface area contributed by atoms with E-state index in [4.69, 9.17) is 11.5 Å². The van der Waals surface area contributed by atoms with E-state index in [-0.39, 0.29) is 5.96 Å². The van der Waals surface area contributed by atoms with Crippen molar-refractivity contribution in [1.29, 1.82) is 0 Å². The van der Waals surface area contributed by atoms with Crippen LogP contribution in [0.15, 0.2) is 71.7 Å². The summed E-state index contributed by atoms with van der Waals surface area (Å²) in [5, 5.41) is 1.23. The molecule has 0 fully saturated rings. The van der Waals surface area contributed by atoms with E-state index in [9.17, 15) is 0 Å². The van der Waals surface area contributed by atoms with E-state index in [0.29, 0.717) is 6.54 Å². The van der Waals surface area contributed by atoms with E-state index < -0.39 is 0 Å². The number of anilines is 2. The second-order valence-electron chi connectivity index (χ2n) is 8.77. The van der Waals surface area contributed by atoms with Gasteiger partial charge in [-0.3, -0.25) is 4.99 Å². The van der Waals surface area contributed by atoms with Crippen molar-refractivity contribution in [3.63, 3.8) is 0 Å². The van der Waals surface area contributed by atoms with Gasteiger partial charge in [0.1, 0.15) is 6.54 Å². The molecule has 0 bridgehead atoms. The van der Waals surface area contributed by atoms with Gasteiger partial charge in [-0.1, -0.05) is 30.4 Å². The van der Waals surface area contributed by atoms with Crippen molar-refractivity contribution in [1.82, 2.24) is 0 Å². The van der Waals surface area contributed by atoms with Crippen molar-refractivity contribution in [2.24, 2.45) is 16.5 Å². The third kappa shape index (κ3) is 6.85. The van der Waals surface area contributed by atoms with Crippen LogP contribution in [-0.2, 0) is 6.54 Å². The summed E-state index contributed by atoms with van der Waals surface area (Å²) in [6, 6.07) is 19.5. The van der Waals surface area contributed by atoms with Crippen LogP contribution in [0.2, 0.25) is 0 Å². The van der Waals surface area contributed by atoms with Gasteiger partial charge in [-0.15, -0.1) is 0 Å². The SMILES string of the molecule is CN(C)c1ccc(/C=C/C=C/c2ccc3cc(N(C)C)ccc3[n+]2CCCCN=C(N)N)cc1. The topological polar surface area (TPSA) is 74.8 Å². The van der Waals surface area contributed by atoms with Gasteiger partial charge in [0.25, 0.3) is 0 Å². The number of pyridine rings is 1. The van der Waals surface area contributed by atoms with Crippen LogP contribution in [0.3, 0.4) is 0 Å². The second kappa shape index (κ2) is 11.9. The van der Waals surface area contributed by atoms with E-state index in [1.807, 2.05) is 0 Å². The fraction of sp³-hybridized carbons (Fsp3) is 0.286. The Morgan fingerprint density at radius 3 is 2.18 bits per heavy atom. The van der Waals surface area contributed by atoms with Crippen LogP contribution in [0.25, 0.3) is 23.1 Å². The van der Waals surface area contributed by atoms with Crippen molar-refractivity contribution in [2.45, 2.75) is 19.4 Å². The first kappa shape index (κ1) is 24.8. The largest absolute Gasteiger partial charge is 0.378 e. The van der Waals surface area contributed by atoms with E-state index in [1.54, 1.807) is 0 Å². The number of aromatic nitrogens is 1. The van der Waals surface area contributed by atoms with Crippen LogP contribution < -0.4 is 25.8 Å². The molecule has 178 valence electrons. The maximum atomic E-state index is 5.45. The van der Waals surface area contributed by atoms with Crippen LogP contribution >= 0.6 is 0 Å². The number of hydrogen-bond donors (Lipinski definition) is 2. The zero-order chi connectivity index (χ0) is 24.5. The van der Waals surface area contributed by atoms with Crippen molar-refractivity contribution in [3.8, 4) is 0 Å². The van der Waals surface area contributed by atoms with Crippen molar-refractivity contribution in [2.75, 3.05) is 44.5 Å². The minimum Gasteiger partial charge on any atom is -0.378 e. The average Bonchev–Trinajstić information content (AvgIpc) is 2.81. The molecule has 6 heteroatoms. The third-order valence-corrected chi connectivity index (χ3v) is 5.72. The minimum absolute atomic E-state index is 0.154. The molecule has 1 aromatic heterocycles. The number of guanidine groups is 1.